The number of benzene rings is 3. The molecule has 0 aliphatic rings. The van der Waals surface area contributed by atoms with Crippen molar-refractivity contribution in [2.75, 3.05) is 5.75 Å². The number of nitro groups is 1. The van der Waals surface area contributed by atoms with Gasteiger partial charge in [0, 0.05) is 6.07 Å². The van der Waals surface area contributed by atoms with Crippen LogP contribution in [0.5, 0.6) is 0 Å². The average molecular weight is 474 g/mol. The zero-order chi connectivity index (χ0) is 24.1. The average Bonchev–Trinajstić information content (AvgIpc) is 2.84. The van der Waals surface area contributed by atoms with E-state index in [0.717, 1.165) is 17.3 Å². The van der Waals surface area contributed by atoms with Gasteiger partial charge in [0.1, 0.15) is 0 Å². The number of fused-ring (bicyclic) bond motifs is 1. The molecule has 10 heteroatoms. The Morgan fingerprint density at radius 1 is 1.12 bits per heavy atom. The predicted octanol–water partition coefficient (Wildman–Crippen LogP) is 3.84. The molecule has 0 aliphatic heterocycles. The van der Waals surface area contributed by atoms with Gasteiger partial charge < -0.3 is 0 Å². The molecule has 4 rings (SSSR count). The third-order valence-corrected chi connectivity index (χ3v) is 5.83. The number of aryl methyl sites for hydroxylation is 1. The highest BCUT2D eigenvalue weighted by molar-refractivity contribution is 7.99. The number of nitro benzene ring substituents is 1. The van der Waals surface area contributed by atoms with Crippen LogP contribution in [0.3, 0.4) is 0 Å². The molecule has 1 aromatic heterocycles. The van der Waals surface area contributed by atoms with E-state index in [0.29, 0.717) is 21.7 Å². The Hall–Kier alpha value is -4.31. The number of rotatable bonds is 7. The molecule has 1 heterocycles. The molecule has 0 atom stereocenters. The Balaban J connectivity index is 1.56. The summed E-state index contributed by atoms with van der Waals surface area (Å²) in [5.41, 5.74) is 4.51. The highest BCUT2D eigenvalue weighted by atomic mass is 32.2. The third-order valence-electron chi connectivity index (χ3n) is 4.90. The van der Waals surface area contributed by atoms with Gasteiger partial charge in [0.15, 0.2) is 5.16 Å². The second-order valence-electron chi connectivity index (χ2n) is 7.29. The summed E-state index contributed by atoms with van der Waals surface area (Å²) in [6.07, 6.45) is 1.22. The van der Waals surface area contributed by atoms with Gasteiger partial charge >= 0.3 is 0 Å². The van der Waals surface area contributed by atoms with E-state index in [9.17, 15) is 19.7 Å². The lowest BCUT2D eigenvalue weighted by Gasteiger charge is -2.13. The summed E-state index contributed by atoms with van der Waals surface area (Å²) >= 11 is 1.10. The molecule has 0 fully saturated rings. The van der Waals surface area contributed by atoms with E-state index in [2.05, 4.69) is 15.5 Å². The molecule has 9 nitrogen and oxygen atoms in total. The van der Waals surface area contributed by atoms with Crippen molar-refractivity contribution in [3.8, 4) is 5.69 Å². The maximum absolute atomic E-state index is 13.2. The predicted molar refractivity (Wildman–Crippen MR) is 132 cm³/mol. The lowest BCUT2D eigenvalue weighted by Crippen LogP contribution is -2.24. The quantitative estimate of drug-likeness (QED) is 0.143. The Morgan fingerprint density at radius 3 is 2.59 bits per heavy atom. The number of hydrogen-bond acceptors (Lipinski definition) is 7. The van der Waals surface area contributed by atoms with Gasteiger partial charge in [-0.25, -0.2) is 10.4 Å². The largest absolute Gasteiger partial charge is 0.278 e. The summed E-state index contributed by atoms with van der Waals surface area (Å²) in [7, 11) is 0. The van der Waals surface area contributed by atoms with Crippen molar-refractivity contribution in [3.63, 3.8) is 0 Å². The number of hydrogen-bond donors (Lipinski definition) is 1. The first-order chi connectivity index (χ1) is 16.4. The molecule has 0 radical (unpaired) electrons. The van der Waals surface area contributed by atoms with Gasteiger partial charge in [-0.3, -0.25) is 24.3 Å². The molecular weight excluding hydrogens is 454 g/mol. The van der Waals surface area contributed by atoms with Crippen molar-refractivity contribution in [2.24, 2.45) is 5.10 Å². The van der Waals surface area contributed by atoms with E-state index in [4.69, 9.17) is 0 Å². The molecule has 4 aromatic rings. The summed E-state index contributed by atoms with van der Waals surface area (Å²) in [6.45, 7) is 1.95. The smallest absolute Gasteiger partial charge is 0.272 e. The number of carbonyl (C=O) groups is 1. The summed E-state index contributed by atoms with van der Waals surface area (Å²) < 4.78 is 1.48. The van der Waals surface area contributed by atoms with Crippen LogP contribution in [0.1, 0.15) is 11.1 Å². The Labute approximate surface area is 198 Å². The van der Waals surface area contributed by atoms with Crippen LogP contribution < -0.4 is 11.0 Å². The molecule has 0 saturated heterocycles. The zero-order valence-electron chi connectivity index (χ0n) is 18.0. The second-order valence-corrected chi connectivity index (χ2v) is 8.23. The minimum absolute atomic E-state index is 0.0646. The molecular formula is C24H19N5O4S. The van der Waals surface area contributed by atoms with Crippen LogP contribution in [0.2, 0.25) is 0 Å². The fraction of sp³-hybridized carbons (Fsp3) is 0.0833. The van der Waals surface area contributed by atoms with Crippen LogP contribution in [0.4, 0.5) is 5.69 Å². The lowest BCUT2D eigenvalue weighted by molar-refractivity contribution is -0.385. The molecule has 0 saturated carbocycles. The van der Waals surface area contributed by atoms with Gasteiger partial charge in [-0.2, -0.15) is 5.10 Å². The van der Waals surface area contributed by atoms with Crippen LogP contribution in [-0.4, -0.2) is 32.3 Å². The second kappa shape index (κ2) is 10.1. The van der Waals surface area contributed by atoms with Crippen molar-refractivity contribution in [1.82, 2.24) is 15.0 Å². The van der Waals surface area contributed by atoms with Gasteiger partial charge in [-0.05, 0) is 37.3 Å². The van der Waals surface area contributed by atoms with Crippen LogP contribution >= 0.6 is 11.8 Å². The molecule has 3 aromatic carbocycles. The number of para-hydroxylation sites is 2. The van der Waals surface area contributed by atoms with Crippen molar-refractivity contribution >= 4 is 40.5 Å². The lowest BCUT2D eigenvalue weighted by atomic mass is 10.2. The minimum atomic E-state index is -0.519. The first-order valence-electron chi connectivity index (χ1n) is 10.2. The van der Waals surface area contributed by atoms with Crippen LogP contribution in [0, 0.1) is 17.0 Å². The number of hydrazone groups is 1. The minimum Gasteiger partial charge on any atom is -0.272 e. The van der Waals surface area contributed by atoms with Crippen LogP contribution in [0.15, 0.2) is 87.8 Å². The van der Waals surface area contributed by atoms with Gasteiger partial charge in [0.05, 0.1) is 39.0 Å². The van der Waals surface area contributed by atoms with E-state index < -0.39 is 10.8 Å². The van der Waals surface area contributed by atoms with Crippen LogP contribution in [0.25, 0.3) is 16.6 Å². The molecule has 34 heavy (non-hydrogen) atoms. The maximum Gasteiger partial charge on any atom is 0.278 e. The standard InChI is InChI=1S/C24H19N5O4S/c1-16-10-12-18(13-11-16)28-23(31)19-7-3-4-8-20(19)26-24(28)34-15-22(30)27-25-14-17-6-2-5-9-21(17)29(32)33/h2-14H,15H2,1H3,(H,27,30). The number of amides is 1. The number of thioether (sulfide) groups is 1. The Kier molecular flexibility index (Phi) is 6.79. The van der Waals surface area contributed by atoms with E-state index in [1.807, 2.05) is 31.2 Å². The van der Waals surface area contributed by atoms with Gasteiger partial charge in [-0.1, -0.05) is 53.7 Å². The van der Waals surface area contributed by atoms with E-state index >= 15 is 0 Å². The molecule has 0 unspecified atom stereocenters. The van der Waals surface area contributed by atoms with E-state index in [-0.39, 0.29) is 22.6 Å². The molecule has 0 aliphatic carbocycles. The summed E-state index contributed by atoms with van der Waals surface area (Å²) in [6, 6.07) is 20.6. The fourth-order valence-corrected chi connectivity index (χ4v) is 4.03. The van der Waals surface area contributed by atoms with Crippen molar-refractivity contribution in [3.05, 3.63) is 104 Å². The van der Waals surface area contributed by atoms with Gasteiger partial charge in [-0.15, -0.1) is 0 Å². The molecule has 1 amide bonds. The zero-order valence-corrected chi connectivity index (χ0v) is 18.9. The normalized spacial score (nSPS) is 11.1. The molecule has 170 valence electrons. The SMILES string of the molecule is Cc1ccc(-n2c(SCC(=O)NN=Cc3ccccc3[N+](=O)[O-])nc3ccccc3c2=O)cc1. The first-order valence-corrected chi connectivity index (χ1v) is 11.2. The summed E-state index contributed by atoms with van der Waals surface area (Å²) in [5.74, 6) is -0.511. The summed E-state index contributed by atoms with van der Waals surface area (Å²) in [5, 5.41) is 15.8. The fourth-order valence-electron chi connectivity index (χ4n) is 3.23. The van der Waals surface area contributed by atoms with Gasteiger partial charge in [0.2, 0.25) is 0 Å². The summed E-state index contributed by atoms with van der Waals surface area (Å²) in [4.78, 5) is 40.8. The number of nitrogens with one attached hydrogen (secondary N) is 1. The number of nitrogens with zero attached hydrogens (tertiary/aromatic N) is 4. The first kappa shape index (κ1) is 22.9. The molecule has 0 bridgehead atoms. The Morgan fingerprint density at radius 2 is 1.82 bits per heavy atom. The van der Waals surface area contributed by atoms with Gasteiger partial charge in [0.25, 0.3) is 17.2 Å². The molecule has 0 spiro atoms. The number of aromatic nitrogens is 2. The van der Waals surface area contributed by atoms with Crippen molar-refractivity contribution in [1.29, 1.82) is 0 Å². The third kappa shape index (κ3) is 5.02. The van der Waals surface area contributed by atoms with Crippen LogP contribution in [-0.2, 0) is 4.79 Å². The molecule has 1 N–H and O–H groups in total. The van der Waals surface area contributed by atoms with E-state index in [1.54, 1.807) is 36.4 Å². The highest BCUT2D eigenvalue weighted by Crippen LogP contribution is 2.21. The maximum atomic E-state index is 13.2. The van der Waals surface area contributed by atoms with Crippen molar-refractivity contribution in [2.45, 2.75) is 12.1 Å². The monoisotopic (exact) mass is 473 g/mol. The highest BCUT2D eigenvalue weighted by Gasteiger charge is 2.15. The van der Waals surface area contributed by atoms with Crippen molar-refractivity contribution < 1.29 is 9.72 Å². The Bertz CT molecular complexity index is 1460. The van der Waals surface area contributed by atoms with E-state index in [1.165, 1.54) is 22.9 Å². The number of carbonyl (C=O) groups excluding carboxylic acids is 1. The topological polar surface area (TPSA) is 119 Å².